The fourth-order valence-corrected chi connectivity index (χ4v) is 3.80. The molecule has 0 saturated heterocycles. The molecule has 2 nitrogen and oxygen atoms in total. The Labute approximate surface area is 168 Å². The minimum absolute atomic E-state index is 0.138. The van der Waals surface area contributed by atoms with E-state index >= 15 is 0 Å². The number of hydrogen-bond acceptors (Lipinski definition) is 2. The second kappa shape index (κ2) is 17.0. The van der Waals surface area contributed by atoms with Crippen LogP contribution in [0.4, 0.5) is 0 Å². The van der Waals surface area contributed by atoms with Gasteiger partial charge in [-0.05, 0) is 24.5 Å². The van der Waals surface area contributed by atoms with Crippen LogP contribution in [0.2, 0.25) is 0 Å². The van der Waals surface area contributed by atoms with Gasteiger partial charge in [0, 0.05) is 6.07 Å². The number of rotatable bonds is 18. The topological polar surface area (TPSA) is 40.5 Å². The first-order valence-corrected chi connectivity index (χ1v) is 11.7. The number of aromatic hydroxyl groups is 2. The van der Waals surface area contributed by atoms with Crippen LogP contribution in [0.15, 0.2) is 18.2 Å². The van der Waals surface area contributed by atoms with Gasteiger partial charge in [-0.2, -0.15) is 0 Å². The molecule has 0 fully saturated rings. The molecule has 1 aromatic carbocycles. The summed E-state index contributed by atoms with van der Waals surface area (Å²) < 4.78 is 0. The zero-order chi connectivity index (χ0) is 19.6. The predicted molar refractivity (Wildman–Crippen MR) is 118 cm³/mol. The summed E-state index contributed by atoms with van der Waals surface area (Å²) in [5.41, 5.74) is 0.953. The van der Waals surface area contributed by atoms with Gasteiger partial charge in [0.25, 0.3) is 0 Å². The van der Waals surface area contributed by atoms with E-state index in [-0.39, 0.29) is 11.5 Å². The summed E-state index contributed by atoms with van der Waals surface area (Å²) in [6.07, 6.45) is 24.4. The highest BCUT2D eigenvalue weighted by molar-refractivity contribution is 5.38. The molecule has 0 amide bonds. The van der Waals surface area contributed by atoms with Crippen molar-refractivity contribution in [3.8, 4) is 11.5 Å². The first kappa shape index (κ1) is 23.9. The van der Waals surface area contributed by atoms with Gasteiger partial charge in [-0.3, -0.25) is 0 Å². The zero-order valence-electron chi connectivity index (χ0n) is 17.9. The van der Waals surface area contributed by atoms with Crippen LogP contribution in [-0.4, -0.2) is 10.2 Å². The molecular weight excluding hydrogens is 332 g/mol. The van der Waals surface area contributed by atoms with Crippen molar-refractivity contribution in [1.29, 1.82) is 0 Å². The maximum atomic E-state index is 9.77. The van der Waals surface area contributed by atoms with Crippen LogP contribution in [0.5, 0.6) is 11.5 Å². The Bertz CT molecular complexity index is 456. The lowest BCUT2D eigenvalue weighted by molar-refractivity contribution is 0.444. The zero-order valence-corrected chi connectivity index (χ0v) is 17.9. The Morgan fingerprint density at radius 1 is 0.556 bits per heavy atom. The monoisotopic (exact) mass is 376 g/mol. The molecule has 0 radical (unpaired) electrons. The van der Waals surface area contributed by atoms with Gasteiger partial charge in [-0.1, -0.05) is 116 Å². The quantitative estimate of drug-likeness (QED) is 0.253. The van der Waals surface area contributed by atoms with Crippen LogP contribution in [0.25, 0.3) is 0 Å². The van der Waals surface area contributed by atoms with Crippen molar-refractivity contribution in [1.82, 2.24) is 0 Å². The van der Waals surface area contributed by atoms with Crippen molar-refractivity contribution >= 4 is 0 Å². The van der Waals surface area contributed by atoms with E-state index in [9.17, 15) is 10.2 Å². The molecule has 1 aromatic rings. The van der Waals surface area contributed by atoms with Gasteiger partial charge in [0.2, 0.25) is 0 Å². The second-order valence-corrected chi connectivity index (χ2v) is 8.22. The molecule has 0 atom stereocenters. The van der Waals surface area contributed by atoms with Crippen molar-refractivity contribution in [2.24, 2.45) is 0 Å². The molecule has 0 unspecified atom stereocenters. The molecule has 2 heteroatoms. The van der Waals surface area contributed by atoms with Gasteiger partial charge in [0.15, 0.2) is 0 Å². The van der Waals surface area contributed by atoms with Crippen LogP contribution in [0, 0.1) is 0 Å². The highest BCUT2D eigenvalue weighted by Gasteiger charge is 2.02. The average molecular weight is 377 g/mol. The fourth-order valence-electron chi connectivity index (χ4n) is 3.80. The van der Waals surface area contributed by atoms with Gasteiger partial charge in [0.05, 0.1) is 0 Å². The van der Waals surface area contributed by atoms with E-state index < -0.39 is 0 Å². The molecule has 0 aliphatic carbocycles. The number of phenolic OH excluding ortho intramolecular Hbond substituents is 2. The second-order valence-electron chi connectivity index (χ2n) is 8.22. The van der Waals surface area contributed by atoms with Gasteiger partial charge in [0.1, 0.15) is 11.5 Å². The molecule has 1 rings (SSSR count). The standard InChI is InChI=1S/C25H44O2/c1-2-3-4-5-6-7-8-9-10-11-12-13-14-15-16-17-18-19-23-20-21-24(26)22-25(23)27/h20-22,26-27H,2-19H2,1H3. The third-order valence-corrected chi connectivity index (χ3v) is 5.62. The number of unbranched alkanes of at least 4 members (excludes halogenated alkanes) is 16. The van der Waals surface area contributed by atoms with E-state index in [1.807, 2.05) is 6.07 Å². The highest BCUT2D eigenvalue weighted by atomic mass is 16.3. The lowest BCUT2D eigenvalue weighted by Crippen LogP contribution is -1.87. The summed E-state index contributed by atoms with van der Waals surface area (Å²) >= 11 is 0. The molecule has 27 heavy (non-hydrogen) atoms. The third kappa shape index (κ3) is 13.6. The van der Waals surface area contributed by atoms with Crippen LogP contribution in [-0.2, 0) is 6.42 Å². The van der Waals surface area contributed by atoms with E-state index in [1.54, 1.807) is 6.07 Å². The first-order valence-electron chi connectivity index (χ1n) is 11.7. The molecule has 0 aliphatic heterocycles. The molecule has 0 aliphatic rings. The van der Waals surface area contributed by atoms with Crippen molar-refractivity contribution in [3.05, 3.63) is 23.8 Å². The highest BCUT2D eigenvalue weighted by Crippen LogP contribution is 2.24. The molecule has 0 aromatic heterocycles. The largest absolute Gasteiger partial charge is 0.508 e. The minimum atomic E-state index is 0.138. The molecule has 0 spiro atoms. The number of hydrogen-bond donors (Lipinski definition) is 2. The lowest BCUT2D eigenvalue weighted by atomic mass is 10.0. The lowest BCUT2D eigenvalue weighted by Gasteiger charge is -2.05. The Hall–Kier alpha value is -1.18. The number of aryl methyl sites for hydroxylation is 1. The molecule has 156 valence electrons. The normalized spacial score (nSPS) is 11.1. The van der Waals surface area contributed by atoms with Gasteiger partial charge in [-0.15, -0.1) is 0 Å². The van der Waals surface area contributed by atoms with Gasteiger partial charge in [-0.25, -0.2) is 0 Å². The molecule has 0 saturated carbocycles. The summed E-state index contributed by atoms with van der Waals surface area (Å²) in [5, 5.41) is 19.1. The summed E-state index contributed by atoms with van der Waals surface area (Å²) in [4.78, 5) is 0. The maximum absolute atomic E-state index is 9.77. The first-order chi connectivity index (χ1) is 13.2. The maximum Gasteiger partial charge on any atom is 0.122 e. The Kier molecular flexibility index (Phi) is 15.0. The van der Waals surface area contributed by atoms with E-state index in [0.29, 0.717) is 0 Å². The van der Waals surface area contributed by atoms with E-state index in [0.717, 1.165) is 18.4 Å². The SMILES string of the molecule is CCCCCCCCCCCCCCCCCCCc1ccc(O)cc1O. The van der Waals surface area contributed by atoms with E-state index in [2.05, 4.69) is 6.92 Å². The van der Waals surface area contributed by atoms with Crippen LogP contribution in [0.3, 0.4) is 0 Å². The van der Waals surface area contributed by atoms with Crippen molar-refractivity contribution < 1.29 is 10.2 Å². The summed E-state index contributed by atoms with van der Waals surface area (Å²) in [5.74, 6) is 0.366. The Morgan fingerprint density at radius 3 is 1.37 bits per heavy atom. The van der Waals surface area contributed by atoms with Gasteiger partial charge < -0.3 is 10.2 Å². The fraction of sp³-hybridized carbons (Fsp3) is 0.760. The summed E-state index contributed by atoms with van der Waals surface area (Å²) in [6, 6.07) is 4.92. The smallest absolute Gasteiger partial charge is 0.122 e. The van der Waals surface area contributed by atoms with Crippen LogP contribution >= 0.6 is 0 Å². The molecule has 0 heterocycles. The van der Waals surface area contributed by atoms with E-state index in [4.69, 9.17) is 0 Å². The summed E-state index contributed by atoms with van der Waals surface area (Å²) in [7, 11) is 0. The molecule has 2 N–H and O–H groups in total. The van der Waals surface area contributed by atoms with Crippen LogP contribution < -0.4 is 0 Å². The van der Waals surface area contributed by atoms with Gasteiger partial charge >= 0.3 is 0 Å². The minimum Gasteiger partial charge on any atom is -0.508 e. The van der Waals surface area contributed by atoms with E-state index in [1.165, 1.54) is 109 Å². The predicted octanol–water partition coefficient (Wildman–Crippen LogP) is 8.29. The number of phenols is 2. The van der Waals surface area contributed by atoms with Crippen molar-refractivity contribution in [2.75, 3.05) is 0 Å². The van der Waals surface area contributed by atoms with Crippen molar-refractivity contribution in [2.45, 2.75) is 122 Å². The number of benzene rings is 1. The Balaban J connectivity index is 1.78. The third-order valence-electron chi connectivity index (χ3n) is 5.62. The molecular formula is C25H44O2. The van der Waals surface area contributed by atoms with Crippen LogP contribution in [0.1, 0.15) is 122 Å². The molecule has 0 bridgehead atoms. The Morgan fingerprint density at radius 2 is 0.963 bits per heavy atom. The van der Waals surface area contributed by atoms with Crippen molar-refractivity contribution in [3.63, 3.8) is 0 Å². The average Bonchev–Trinajstić information content (AvgIpc) is 2.65. The summed E-state index contributed by atoms with van der Waals surface area (Å²) in [6.45, 7) is 2.28.